The first kappa shape index (κ1) is 16.0. The summed E-state index contributed by atoms with van der Waals surface area (Å²) in [6.07, 6.45) is -0.694. The number of aryl methyl sites for hydroxylation is 1. The molecular weight excluding hydrogens is 280 g/mol. The zero-order valence-corrected chi connectivity index (χ0v) is 12.8. The average molecular weight is 300 g/mol. The van der Waals surface area contributed by atoms with E-state index in [4.69, 9.17) is 0 Å². The van der Waals surface area contributed by atoms with Gasteiger partial charge in [0.1, 0.15) is 5.69 Å². The smallest absolute Gasteiger partial charge is 0.292 e. The fourth-order valence-corrected chi connectivity index (χ4v) is 2.39. The Bertz CT molecular complexity index is 641. The van der Waals surface area contributed by atoms with Crippen LogP contribution in [0.3, 0.4) is 0 Å². The molecule has 0 bridgehead atoms. The summed E-state index contributed by atoms with van der Waals surface area (Å²) in [5, 5.41) is 21.5. The number of anilines is 1. The third-order valence-electron chi connectivity index (χ3n) is 3.66. The van der Waals surface area contributed by atoms with E-state index in [2.05, 4.69) is 0 Å². The van der Waals surface area contributed by atoms with Crippen LogP contribution in [-0.4, -0.2) is 23.1 Å². The van der Waals surface area contributed by atoms with Crippen LogP contribution >= 0.6 is 0 Å². The lowest BCUT2D eigenvalue weighted by molar-refractivity contribution is -0.384. The quantitative estimate of drug-likeness (QED) is 0.655. The molecule has 0 saturated heterocycles. The molecule has 0 aliphatic heterocycles. The highest BCUT2D eigenvalue weighted by Gasteiger charge is 2.20. The SMILES string of the molecule is CCN(CC(O)c1ccc(C)cc1)c1ccccc1[N+](=O)[O-]. The number of hydrogen-bond donors (Lipinski definition) is 1. The van der Waals surface area contributed by atoms with E-state index in [0.717, 1.165) is 11.1 Å². The van der Waals surface area contributed by atoms with E-state index >= 15 is 0 Å². The molecule has 1 N–H and O–H groups in total. The number of likely N-dealkylation sites (N-methyl/N-ethyl adjacent to an activating group) is 1. The van der Waals surface area contributed by atoms with Crippen molar-refractivity contribution in [2.24, 2.45) is 0 Å². The molecule has 2 rings (SSSR count). The summed E-state index contributed by atoms with van der Waals surface area (Å²) < 4.78 is 0. The van der Waals surface area contributed by atoms with E-state index in [1.165, 1.54) is 6.07 Å². The Morgan fingerprint density at radius 2 is 1.82 bits per heavy atom. The number of hydrogen-bond acceptors (Lipinski definition) is 4. The highest BCUT2D eigenvalue weighted by atomic mass is 16.6. The highest BCUT2D eigenvalue weighted by molar-refractivity contribution is 5.63. The van der Waals surface area contributed by atoms with Crippen LogP contribution < -0.4 is 4.90 Å². The van der Waals surface area contributed by atoms with Gasteiger partial charge in [0.05, 0.1) is 11.0 Å². The van der Waals surface area contributed by atoms with Gasteiger partial charge in [-0.15, -0.1) is 0 Å². The Morgan fingerprint density at radius 3 is 2.41 bits per heavy atom. The van der Waals surface area contributed by atoms with Crippen molar-refractivity contribution >= 4 is 11.4 Å². The molecule has 1 unspecified atom stereocenters. The molecule has 0 saturated carbocycles. The second-order valence-corrected chi connectivity index (χ2v) is 5.21. The first-order chi connectivity index (χ1) is 10.5. The normalized spacial score (nSPS) is 12.0. The summed E-state index contributed by atoms with van der Waals surface area (Å²) in [7, 11) is 0. The Morgan fingerprint density at radius 1 is 1.18 bits per heavy atom. The molecule has 0 heterocycles. The standard InChI is InChI=1S/C17H20N2O3/c1-3-18(15-6-4-5-7-16(15)19(21)22)12-17(20)14-10-8-13(2)9-11-14/h4-11,17,20H,3,12H2,1-2H3. The molecule has 2 aromatic rings. The Hall–Kier alpha value is -2.40. The molecule has 116 valence electrons. The molecule has 0 aliphatic carbocycles. The summed E-state index contributed by atoms with van der Waals surface area (Å²) in [5.74, 6) is 0. The average Bonchev–Trinajstić information content (AvgIpc) is 2.53. The van der Waals surface area contributed by atoms with E-state index in [0.29, 0.717) is 18.8 Å². The maximum absolute atomic E-state index is 11.2. The minimum atomic E-state index is -0.694. The molecule has 1 atom stereocenters. The zero-order valence-electron chi connectivity index (χ0n) is 12.8. The second-order valence-electron chi connectivity index (χ2n) is 5.21. The highest BCUT2D eigenvalue weighted by Crippen LogP contribution is 2.29. The molecule has 2 aromatic carbocycles. The van der Waals surface area contributed by atoms with Gasteiger partial charge in [-0.2, -0.15) is 0 Å². The van der Waals surface area contributed by atoms with Crippen LogP contribution in [0.25, 0.3) is 0 Å². The molecular formula is C17H20N2O3. The molecule has 22 heavy (non-hydrogen) atoms. The lowest BCUT2D eigenvalue weighted by Gasteiger charge is -2.25. The topological polar surface area (TPSA) is 66.6 Å². The van der Waals surface area contributed by atoms with Crippen LogP contribution in [0.4, 0.5) is 11.4 Å². The lowest BCUT2D eigenvalue weighted by atomic mass is 10.1. The molecule has 0 amide bonds. The fourth-order valence-electron chi connectivity index (χ4n) is 2.39. The summed E-state index contributed by atoms with van der Waals surface area (Å²) in [6.45, 7) is 4.79. The molecule has 0 fully saturated rings. The van der Waals surface area contributed by atoms with E-state index < -0.39 is 11.0 Å². The lowest BCUT2D eigenvalue weighted by Crippen LogP contribution is -2.29. The number of nitrogens with zero attached hydrogens (tertiary/aromatic N) is 2. The van der Waals surface area contributed by atoms with Gasteiger partial charge in [0.15, 0.2) is 0 Å². The van der Waals surface area contributed by atoms with E-state index in [1.807, 2.05) is 43.0 Å². The molecule has 5 nitrogen and oxygen atoms in total. The Kier molecular flexibility index (Phi) is 5.12. The molecule has 0 spiro atoms. The van der Waals surface area contributed by atoms with Crippen molar-refractivity contribution < 1.29 is 10.0 Å². The Labute approximate surface area is 130 Å². The van der Waals surface area contributed by atoms with Crippen LogP contribution in [0.2, 0.25) is 0 Å². The summed E-state index contributed by atoms with van der Waals surface area (Å²) in [6, 6.07) is 14.3. The predicted molar refractivity (Wildman–Crippen MR) is 87.1 cm³/mol. The number of aliphatic hydroxyl groups is 1. The molecule has 0 aliphatic rings. The fraction of sp³-hybridized carbons (Fsp3) is 0.294. The van der Waals surface area contributed by atoms with Crippen molar-refractivity contribution in [3.63, 3.8) is 0 Å². The predicted octanol–water partition coefficient (Wildman–Crippen LogP) is 3.46. The maximum atomic E-state index is 11.2. The van der Waals surface area contributed by atoms with Gasteiger partial charge in [0, 0.05) is 19.2 Å². The zero-order chi connectivity index (χ0) is 16.1. The van der Waals surface area contributed by atoms with Gasteiger partial charge in [0.2, 0.25) is 0 Å². The number of aliphatic hydroxyl groups excluding tert-OH is 1. The van der Waals surface area contributed by atoms with E-state index in [1.54, 1.807) is 18.2 Å². The molecule has 0 radical (unpaired) electrons. The van der Waals surface area contributed by atoms with Crippen molar-refractivity contribution in [1.29, 1.82) is 0 Å². The monoisotopic (exact) mass is 300 g/mol. The van der Waals surface area contributed by atoms with Crippen LogP contribution in [0, 0.1) is 17.0 Å². The Balaban J connectivity index is 2.22. The number of nitro groups is 1. The van der Waals surface area contributed by atoms with Crippen LogP contribution in [-0.2, 0) is 0 Å². The molecule has 0 aromatic heterocycles. The number of para-hydroxylation sites is 2. The van der Waals surface area contributed by atoms with E-state index in [-0.39, 0.29) is 5.69 Å². The minimum absolute atomic E-state index is 0.0560. The van der Waals surface area contributed by atoms with Gasteiger partial charge < -0.3 is 10.0 Å². The first-order valence-electron chi connectivity index (χ1n) is 7.26. The van der Waals surface area contributed by atoms with Gasteiger partial charge in [0.25, 0.3) is 5.69 Å². The third-order valence-corrected chi connectivity index (χ3v) is 3.66. The number of benzene rings is 2. The van der Waals surface area contributed by atoms with Gasteiger partial charge in [-0.05, 0) is 25.5 Å². The van der Waals surface area contributed by atoms with Crippen molar-refractivity contribution in [3.05, 3.63) is 69.8 Å². The van der Waals surface area contributed by atoms with Crippen molar-refractivity contribution in [2.45, 2.75) is 20.0 Å². The van der Waals surface area contributed by atoms with Gasteiger partial charge in [-0.3, -0.25) is 10.1 Å². The van der Waals surface area contributed by atoms with Crippen LogP contribution in [0.1, 0.15) is 24.2 Å². The summed E-state index contributed by atoms with van der Waals surface area (Å²) in [5.41, 5.74) is 2.52. The van der Waals surface area contributed by atoms with Gasteiger partial charge in [-0.1, -0.05) is 42.0 Å². The van der Waals surface area contributed by atoms with Crippen LogP contribution in [0.15, 0.2) is 48.5 Å². The summed E-state index contributed by atoms with van der Waals surface area (Å²) in [4.78, 5) is 12.6. The van der Waals surface area contributed by atoms with Gasteiger partial charge in [-0.25, -0.2) is 0 Å². The largest absolute Gasteiger partial charge is 0.387 e. The van der Waals surface area contributed by atoms with Crippen molar-refractivity contribution in [1.82, 2.24) is 0 Å². The number of rotatable bonds is 6. The van der Waals surface area contributed by atoms with Crippen molar-refractivity contribution in [3.8, 4) is 0 Å². The summed E-state index contributed by atoms with van der Waals surface area (Å²) >= 11 is 0. The minimum Gasteiger partial charge on any atom is -0.387 e. The second kappa shape index (κ2) is 7.04. The third kappa shape index (κ3) is 3.62. The number of nitro benzene ring substituents is 1. The first-order valence-corrected chi connectivity index (χ1v) is 7.26. The van der Waals surface area contributed by atoms with Crippen LogP contribution in [0.5, 0.6) is 0 Å². The molecule has 5 heteroatoms. The maximum Gasteiger partial charge on any atom is 0.292 e. The van der Waals surface area contributed by atoms with Crippen molar-refractivity contribution in [2.75, 3.05) is 18.0 Å². The van der Waals surface area contributed by atoms with E-state index in [9.17, 15) is 15.2 Å². The van der Waals surface area contributed by atoms with Gasteiger partial charge >= 0.3 is 0 Å².